The van der Waals surface area contributed by atoms with Crippen LogP contribution in [0.3, 0.4) is 0 Å². The van der Waals surface area contributed by atoms with Gasteiger partial charge in [-0.2, -0.15) is 0 Å². The lowest BCUT2D eigenvalue weighted by Crippen LogP contribution is -2.45. The average Bonchev–Trinajstić information content (AvgIpc) is 2.40. The molecule has 0 fully saturated rings. The number of anilines is 1. The Morgan fingerprint density at radius 2 is 1.90 bits per heavy atom. The highest BCUT2D eigenvalue weighted by molar-refractivity contribution is 6.30. The Morgan fingerprint density at radius 3 is 2.48 bits per heavy atom. The van der Waals surface area contributed by atoms with Crippen LogP contribution < -0.4 is 21.3 Å². The van der Waals surface area contributed by atoms with Crippen LogP contribution in [0.4, 0.5) is 15.3 Å². The van der Waals surface area contributed by atoms with Gasteiger partial charge in [0, 0.05) is 23.8 Å². The van der Waals surface area contributed by atoms with E-state index in [1.807, 2.05) is 0 Å². The summed E-state index contributed by atoms with van der Waals surface area (Å²) in [5.74, 6) is -1.17. The normalized spacial score (nSPS) is 9.76. The Hall–Kier alpha value is -2.48. The summed E-state index contributed by atoms with van der Waals surface area (Å²) in [6, 6.07) is 4.93. The first-order chi connectivity index (χ1) is 9.90. The molecule has 1 aromatic carbocycles. The zero-order chi connectivity index (χ0) is 15.8. The third-order valence-corrected chi connectivity index (χ3v) is 2.59. The van der Waals surface area contributed by atoms with E-state index in [-0.39, 0.29) is 13.1 Å². The topological polar surface area (TPSA) is 125 Å². The summed E-state index contributed by atoms with van der Waals surface area (Å²) in [4.78, 5) is 34.4. The number of carboxylic acid groups (broad SMARTS) is 1. The number of hydrogen-bond donors (Lipinski definition) is 4. The molecule has 21 heavy (non-hydrogen) atoms. The number of benzene rings is 1. The number of nitrogens with zero attached hydrogens (tertiary/aromatic N) is 1. The molecule has 114 valence electrons. The number of carboxylic acids is 1. The summed E-state index contributed by atoms with van der Waals surface area (Å²) in [7, 11) is 0. The van der Waals surface area contributed by atoms with Gasteiger partial charge in [-0.1, -0.05) is 17.7 Å². The number of nitrogens with two attached hydrogens (primary N) is 1. The summed E-state index contributed by atoms with van der Waals surface area (Å²) in [6.07, 6.45) is 0. The maximum Gasteiger partial charge on any atom is 0.323 e. The van der Waals surface area contributed by atoms with Gasteiger partial charge in [-0.05, 0) is 18.2 Å². The van der Waals surface area contributed by atoms with Crippen molar-refractivity contribution in [2.75, 3.05) is 24.5 Å². The van der Waals surface area contributed by atoms with Crippen LogP contribution in [-0.2, 0) is 4.79 Å². The van der Waals surface area contributed by atoms with E-state index in [2.05, 4.69) is 10.6 Å². The molecule has 0 heterocycles. The molecule has 0 saturated carbocycles. The summed E-state index contributed by atoms with van der Waals surface area (Å²) in [5.41, 5.74) is 5.23. The van der Waals surface area contributed by atoms with Crippen molar-refractivity contribution in [2.45, 2.75) is 0 Å². The maximum atomic E-state index is 12.0. The number of amides is 4. The highest BCUT2D eigenvalue weighted by atomic mass is 35.5. The van der Waals surface area contributed by atoms with E-state index in [1.165, 1.54) is 6.07 Å². The number of carbonyl (C=O) groups is 3. The first kappa shape index (κ1) is 16.6. The van der Waals surface area contributed by atoms with Crippen LogP contribution in [0.1, 0.15) is 0 Å². The monoisotopic (exact) mass is 314 g/mol. The first-order valence-electron chi connectivity index (χ1n) is 5.96. The van der Waals surface area contributed by atoms with Crippen molar-refractivity contribution in [3.63, 3.8) is 0 Å². The van der Waals surface area contributed by atoms with Crippen LogP contribution in [-0.4, -0.2) is 42.8 Å². The van der Waals surface area contributed by atoms with Gasteiger partial charge in [0.05, 0.1) is 0 Å². The van der Waals surface area contributed by atoms with Crippen molar-refractivity contribution in [3.8, 4) is 0 Å². The Kier molecular flexibility index (Phi) is 6.28. The van der Waals surface area contributed by atoms with E-state index in [1.54, 1.807) is 18.2 Å². The predicted molar refractivity (Wildman–Crippen MR) is 77.4 cm³/mol. The van der Waals surface area contributed by atoms with Gasteiger partial charge in [0.2, 0.25) is 0 Å². The van der Waals surface area contributed by atoms with Gasteiger partial charge in [-0.15, -0.1) is 0 Å². The minimum atomic E-state index is -1.17. The summed E-state index contributed by atoms with van der Waals surface area (Å²) in [5, 5.41) is 14.0. The van der Waals surface area contributed by atoms with E-state index in [4.69, 9.17) is 22.4 Å². The summed E-state index contributed by atoms with van der Waals surface area (Å²) >= 11 is 5.82. The van der Waals surface area contributed by atoms with Crippen molar-refractivity contribution < 1.29 is 19.5 Å². The van der Waals surface area contributed by atoms with Gasteiger partial charge in [0.25, 0.3) is 0 Å². The molecule has 4 amide bonds. The fourth-order valence-corrected chi connectivity index (χ4v) is 1.69. The molecule has 0 atom stereocenters. The van der Waals surface area contributed by atoms with Gasteiger partial charge in [0.1, 0.15) is 6.54 Å². The van der Waals surface area contributed by atoms with Gasteiger partial charge < -0.3 is 21.5 Å². The minimum absolute atomic E-state index is 0.110. The Balaban J connectivity index is 2.71. The lowest BCUT2D eigenvalue weighted by atomic mass is 10.3. The Morgan fingerprint density at radius 1 is 1.24 bits per heavy atom. The van der Waals surface area contributed by atoms with Gasteiger partial charge >= 0.3 is 18.0 Å². The predicted octanol–water partition coefficient (Wildman–Crippen LogP) is 0.609. The van der Waals surface area contributed by atoms with Crippen molar-refractivity contribution in [2.24, 2.45) is 5.73 Å². The molecule has 0 radical (unpaired) electrons. The van der Waals surface area contributed by atoms with E-state index >= 15 is 0 Å². The number of urea groups is 2. The highest BCUT2D eigenvalue weighted by Crippen LogP contribution is 2.19. The first-order valence-corrected chi connectivity index (χ1v) is 6.34. The largest absolute Gasteiger partial charge is 0.480 e. The molecule has 0 saturated heterocycles. The van der Waals surface area contributed by atoms with E-state index in [0.29, 0.717) is 10.7 Å². The molecular formula is C12H15ClN4O4. The lowest BCUT2D eigenvalue weighted by molar-refractivity contribution is -0.135. The molecule has 0 unspecified atom stereocenters. The van der Waals surface area contributed by atoms with Crippen LogP contribution in [0.15, 0.2) is 24.3 Å². The van der Waals surface area contributed by atoms with Gasteiger partial charge in [-0.25, -0.2) is 9.59 Å². The van der Waals surface area contributed by atoms with E-state index in [0.717, 1.165) is 4.90 Å². The second-order valence-corrected chi connectivity index (χ2v) is 4.42. The molecule has 0 aliphatic heterocycles. The number of halogens is 1. The smallest absolute Gasteiger partial charge is 0.323 e. The fourth-order valence-electron chi connectivity index (χ4n) is 1.51. The third-order valence-electron chi connectivity index (χ3n) is 2.36. The SMILES string of the molecule is NC(=O)NCCNC(=O)N(CC(=O)O)c1cccc(Cl)c1. The molecule has 0 aliphatic carbocycles. The van der Waals surface area contributed by atoms with Crippen molar-refractivity contribution in [3.05, 3.63) is 29.3 Å². The highest BCUT2D eigenvalue weighted by Gasteiger charge is 2.18. The fraction of sp³-hybridized carbons (Fsp3) is 0.250. The van der Waals surface area contributed by atoms with Crippen LogP contribution in [0.2, 0.25) is 5.02 Å². The Labute approximate surface area is 125 Å². The quantitative estimate of drug-likeness (QED) is 0.574. The molecule has 0 aliphatic rings. The summed E-state index contributed by atoms with van der Waals surface area (Å²) < 4.78 is 0. The average molecular weight is 315 g/mol. The van der Waals surface area contributed by atoms with Crippen molar-refractivity contribution in [1.82, 2.24) is 10.6 Å². The Bertz CT molecular complexity index is 538. The molecule has 9 heteroatoms. The number of hydrogen-bond acceptors (Lipinski definition) is 3. The molecule has 8 nitrogen and oxygen atoms in total. The van der Waals surface area contributed by atoms with Crippen LogP contribution in [0, 0.1) is 0 Å². The zero-order valence-corrected chi connectivity index (χ0v) is 11.8. The molecule has 5 N–H and O–H groups in total. The number of rotatable bonds is 6. The number of carbonyl (C=O) groups excluding carboxylic acids is 2. The molecule has 1 aromatic rings. The van der Waals surface area contributed by atoms with Crippen molar-refractivity contribution in [1.29, 1.82) is 0 Å². The molecular weight excluding hydrogens is 300 g/mol. The van der Waals surface area contributed by atoms with Gasteiger partial charge in [-0.3, -0.25) is 9.69 Å². The minimum Gasteiger partial charge on any atom is -0.480 e. The van der Waals surface area contributed by atoms with Crippen molar-refractivity contribution >= 4 is 35.3 Å². The lowest BCUT2D eigenvalue weighted by Gasteiger charge is -2.21. The number of aliphatic carboxylic acids is 1. The summed E-state index contributed by atoms with van der Waals surface area (Å²) in [6.45, 7) is -0.272. The maximum absolute atomic E-state index is 12.0. The van der Waals surface area contributed by atoms with E-state index in [9.17, 15) is 14.4 Å². The zero-order valence-electron chi connectivity index (χ0n) is 11.0. The number of nitrogens with one attached hydrogen (secondary N) is 2. The van der Waals surface area contributed by atoms with Crippen LogP contribution >= 0.6 is 11.6 Å². The second kappa shape index (κ2) is 7.95. The third kappa shape index (κ3) is 6.00. The van der Waals surface area contributed by atoms with Crippen LogP contribution in [0.25, 0.3) is 0 Å². The molecule has 0 aromatic heterocycles. The van der Waals surface area contributed by atoms with E-state index < -0.39 is 24.6 Å². The second-order valence-electron chi connectivity index (χ2n) is 3.98. The molecule has 1 rings (SSSR count). The standard InChI is InChI=1S/C12H15ClN4O4/c13-8-2-1-3-9(6-8)17(7-10(18)19)12(21)16-5-4-15-11(14)20/h1-3,6H,4-5,7H2,(H,16,21)(H,18,19)(H3,14,15,20). The molecule has 0 spiro atoms. The van der Waals surface area contributed by atoms with Crippen LogP contribution in [0.5, 0.6) is 0 Å². The molecule has 0 bridgehead atoms. The van der Waals surface area contributed by atoms with Gasteiger partial charge in [0.15, 0.2) is 0 Å². The number of primary amides is 1.